The molecule has 4 aromatic heterocycles. The molecular weight excluding hydrogens is 541 g/mol. The predicted molar refractivity (Wildman–Crippen MR) is 143 cm³/mol. The zero-order chi connectivity index (χ0) is 27.8. The van der Waals surface area contributed by atoms with Crippen LogP contribution in [0.15, 0.2) is 41.6 Å². The Hall–Kier alpha value is -4.30. The molecule has 0 spiro atoms. The quantitative estimate of drug-likeness (QED) is 0.341. The van der Waals surface area contributed by atoms with E-state index in [1.165, 1.54) is 4.57 Å². The molecule has 0 radical (unpaired) electrons. The lowest BCUT2D eigenvalue weighted by molar-refractivity contribution is -0.126. The summed E-state index contributed by atoms with van der Waals surface area (Å²) in [7, 11) is 0. The molecule has 2 aliphatic rings. The fourth-order valence-corrected chi connectivity index (χ4v) is 5.47. The van der Waals surface area contributed by atoms with Crippen molar-refractivity contribution in [1.82, 2.24) is 29.2 Å². The number of aromatic nitrogens is 5. The van der Waals surface area contributed by atoms with Crippen LogP contribution >= 0.6 is 11.5 Å². The Morgan fingerprint density at radius 3 is 2.83 bits per heavy atom. The molecule has 2 saturated heterocycles. The van der Waals surface area contributed by atoms with Gasteiger partial charge < -0.3 is 20.1 Å². The Bertz CT molecular complexity index is 1650. The molecule has 4 aromatic rings. The summed E-state index contributed by atoms with van der Waals surface area (Å²) in [5.41, 5.74) is -0.738. The number of carboxylic acids is 1. The van der Waals surface area contributed by atoms with Gasteiger partial charge in [-0.15, -0.1) is 0 Å². The maximum absolute atomic E-state index is 15.2. The van der Waals surface area contributed by atoms with Crippen LogP contribution in [0.3, 0.4) is 0 Å². The zero-order valence-electron chi connectivity index (χ0n) is 21.1. The van der Waals surface area contributed by atoms with Crippen molar-refractivity contribution in [3.05, 3.63) is 58.4 Å². The molecule has 40 heavy (non-hydrogen) atoms. The van der Waals surface area contributed by atoms with Gasteiger partial charge in [0.15, 0.2) is 23.1 Å². The monoisotopic (exact) mass is 565 g/mol. The van der Waals surface area contributed by atoms with E-state index >= 15 is 4.39 Å². The number of nitrogens with zero attached hydrogens (tertiary/aromatic N) is 6. The normalized spacial score (nSPS) is 17.5. The fraction of sp³-hybridized carbons (Fsp3) is 0.346. The first-order valence-electron chi connectivity index (χ1n) is 12.8. The van der Waals surface area contributed by atoms with Crippen molar-refractivity contribution in [2.45, 2.75) is 25.4 Å². The minimum atomic E-state index is -1.46. The standard InChI is InChI=1S/C26H24FN7O5S/c27-19-8-17-20(35)18(25(37)38)13-34(26-30-21(32-40-26)14-4-3-6-28-9-14)22(17)31-23(19)33-11-15(12-33)24(36)29-10-16-5-1-2-7-39-16/h3-4,6,8-9,13,15-16H,1-2,5,7,10-12H2,(H,29,36)(H,37,38). The van der Waals surface area contributed by atoms with Crippen LogP contribution in [0, 0.1) is 11.7 Å². The molecule has 12 nitrogen and oxygen atoms in total. The highest BCUT2D eigenvalue weighted by atomic mass is 32.1. The van der Waals surface area contributed by atoms with E-state index in [1.54, 1.807) is 29.4 Å². The predicted octanol–water partition coefficient (Wildman–Crippen LogP) is 2.26. The molecule has 2 fully saturated rings. The lowest BCUT2D eigenvalue weighted by atomic mass is 9.98. The Labute approximate surface area is 230 Å². The van der Waals surface area contributed by atoms with Crippen LogP contribution in [0.4, 0.5) is 10.2 Å². The molecule has 0 saturated carbocycles. The first-order valence-corrected chi connectivity index (χ1v) is 13.5. The van der Waals surface area contributed by atoms with Crippen LogP contribution in [0.25, 0.3) is 27.6 Å². The van der Waals surface area contributed by atoms with Gasteiger partial charge in [0, 0.05) is 61.9 Å². The third kappa shape index (κ3) is 4.91. The van der Waals surface area contributed by atoms with E-state index in [0.717, 1.165) is 43.1 Å². The summed E-state index contributed by atoms with van der Waals surface area (Å²) >= 11 is 0.967. The Balaban J connectivity index is 1.29. The number of aromatic carboxylic acids is 1. The number of carbonyl (C=O) groups is 2. The first-order chi connectivity index (χ1) is 19.4. The van der Waals surface area contributed by atoms with E-state index in [1.807, 2.05) is 0 Å². The van der Waals surface area contributed by atoms with Crippen molar-refractivity contribution in [3.63, 3.8) is 0 Å². The highest BCUT2D eigenvalue weighted by Gasteiger charge is 2.36. The lowest BCUT2D eigenvalue weighted by Gasteiger charge is -2.39. The van der Waals surface area contributed by atoms with E-state index < -0.39 is 22.8 Å². The molecule has 0 aromatic carbocycles. The van der Waals surface area contributed by atoms with E-state index in [9.17, 15) is 19.5 Å². The van der Waals surface area contributed by atoms with Crippen molar-refractivity contribution < 1.29 is 23.8 Å². The second kappa shape index (κ2) is 10.7. The molecule has 206 valence electrons. The maximum Gasteiger partial charge on any atom is 0.341 e. The van der Waals surface area contributed by atoms with Crippen LogP contribution in [0.5, 0.6) is 0 Å². The van der Waals surface area contributed by atoms with Gasteiger partial charge in [-0.05, 0) is 37.5 Å². The summed E-state index contributed by atoms with van der Waals surface area (Å²) < 4.78 is 26.5. The Morgan fingerprint density at radius 1 is 1.25 bits per heavy atom. The van der Waals surface area contributed by atoms with Gasteiger partial charge in [0.1, 0.15) is 5.56 Å². The summed E-state index contributed by atoms with van der Waals surface area (Å²) in [6.07, 6.45) is 7.35. The third-order valence-electron chi connectivity index (χ3n) is 7.01. The SMILES string of the molecule is O=C(O)c1cn(-c2nc(-c3cccnc3)ns2)c2nc(N3CC(C(=O)NCC4CCCCO4)C3)c(F)cc2c1=O. The van der Waals surface area contributed by atoms with E-state index in [4.69, 9.17) is 4.74 Å². The second-order valence-corrected chi connectivity index (χ2v) is 10.4. The number of hydrogen-bond donors (Lipinski definition) is 2. The van der Waals surface area contributed by atoms with Gasteiger partial charge in [0.2, 0.25) is 16.5 Å². The summed E-state index contributed by atoms with van der Waals surface area (Å²) in [6.45, 7) is 1.63. The van der Waals surface area contributed by atoms with Crippen molar-refractivity contribution in [3.8, 4) is 16.5 Å². The summed E-state index contributed by atoms with van der Waals surface area (Å²) in [6, 6.07) is 4.49. The molecule has 2 aliphatic heterocycles. The van der Waals surface area contributed by atoms with Crippen LogP contribution in [0.1, 0.15) is 29.6 Å². The van der Waals surface area contributed by atoms with Gasteiger partial charge in [-0.1, -0.05) is 0 Å². The highest BCUT2D eigenvalue weighted by Crippen LogP contribution is 2.29. The van der Waals surface area contributed by atoms with Gasteiger partial charge in [-0.3, -0.25) is 19.1 Å². The smallest absolute Gasteiger partial charge is 0.341 e. The summed E-state index contributed by atoms with van der Waals surface area (Å²) in [4.78, 5) is 51.9. The van der Waals surface area contributed by atoms with Gasteiger partial charge in [0.25, 0.3) is 0 Å². The van der Waals surface area contributed by atoms with Gasteiger partial charge in [-0.2, -0.15) is 9.36 Å². The summed E-state index contributed by atoms with van der Waals surface area (Å²) in [5.74, 6) is -2.41. The molecule has 6 rings (SSSR count). The molecule has 6 heterocycles. The second-order valence-electron chi connectivity index (χ2n) is 9.69. The van der Waals surface area contributed by atoms with Crippen molar-refractivity contribution >= 4 is 40.3 Å². The van der Waals surface area contributed by atoms with E-state index in [2.05, 4.69) is 24.6 Å². The van der Waals surface area contributed by atoms with E-state index in [0.29, 0.717) is 24.5 Å². The number of nitrogens with one attached hydrogen (secondary N) is 1. The lowest BCUT2D eigenvalue weighted by Crippen LogP contribution is -2.55. The molecule has 1 atom stereocenters. The van der Waals surface area contributed by atoms with Gasteiger partial charge >= 0.3 is 5.97 Å². The molecule has 0 aliphatic carbocycles. The number of rotatable bonds is 7. The number of amides is 1. The van der Waals surface area contributed by atoms with Crippen LogP contribution < -0.4 is 15.6 Å². The number of hydrogen-bond acceptors (Lipinski definition) is 10. The number of pyridine rings is 3. The number of fused-ring (bicyclic) bond motifs is 1. The fourth-order valence-electron chi connectivity index (χ4n) is 4.80. The van der Waals surface area contributed by atoms with Crippen LogP contribution in [0.2, 0.25) is 0 Å². The van der Waals surface area contributed by atoms with Gasteiger partial charge in [0.05, 0.1) is 17.4 Å². The minimum absolute atomic E-state index is 0.0138. The number of anilines is 1. The Kier molecular flexibility index (Phi) is 6.94. The largest absolute Gasteiger partial charge is 0.477 e. The van der Waals surface area contributed by atoms with Crippen LogP contribution in [-0.4, -0.2) is 73.2 Å². The average Bonchev–Trinajstić information content (AvgIpc) is 3.43. The Morgan fingerprint density at radius 2 is 2.10 bits per heavy atom. The van der Waals surface area contributed by atoms with Gasteiger partial charge in [-0.25, -0.2) is 14.2 Å². The molecular formula is C26H24FN7O5S. The molecule has 0 bridgehead atoms. The minimum Gasteiger partial charge on any atom is -0.477 e. The van der Waals surface area contributed by atoms with Crippen molar-refractivity contribution in [2.24, 2.45) is 5.92 Å². The highest BCUT2D eigenvalue weighted by molar-refractivity contribution is 7.08. The van der Waals surface area contributed by atoms with Crippen molar-refractivity contribution in [1.29, 1.82) is 0 Å². The maximum atomic E-state index is 15.2. The van der Waals surface area contributed by atoms with Crippen molar-refractivity contribution in [2.75, 3.05) is 31.1 Å². The number of ether oxygens (including phenoxy) is 1. The van der Waals surface area contributed by atoms with E-state index in [-0.39, 0.29) is 53.0 Å². The summed E-state index contributed by atoms with van der Waals surface area (Å²) in [5, 5.41) is 12.6. The number of carboxylic acid groups (broad SMARTS) is 1. The molecule has 1 unspecified atom stereocenters. The topological polar surface area (TPSA) is 152 Å². The number of halogens is 1. The van der Waals surface area contributed by atoms with Crippen LogP contribution in [-0.2, 0) is 9.53 Å². The average molecular weight is 566 g/mol. The molecule has 2 N–H and O–H groups in total. The molecule has 1 amide bonds. The first kappa shape index (κ1) is 26.0. The zero-order valence-corrected chi connectivity index (χ0v) is 21.9. The third-order valence-corrected chi connectivity index (χ3v) is 7.73. The molecule has 14 heteroatoms. The number of carbonyl (C=O) groups excluding carboxylic acids is 1.